The van der Waals surface area contributed by atoms with Crippen molar-refractivity contribution >= 4 is 9.84 Å². The van der Waals surface area contributed by atoms with Crippen LogP contribution < -0.4 is 9.47 Å². The molecule has 0 aliphatic heterocycles. The number of ether oxygens (including phenoxy) is 2. The smallest absolute Gasteiger partial charge is 0.224 e. The zero-order valence-electron chi connectivity index (χ0n) is 16.6. The number of rotatable bonds is 9. The molecule has 2 aromatic rings. The van der Waals surface area contributed by atoms with Crippen molar-refractivity contribution < 1.29 is 28.1 Å². The fourth-order valence-electron chi connectivity index (χ4n) is 2.40. The van der Waals surface area contributed by atoms with Crippen LogP contribution in [0, 0.1) is 0 Å². The third-order valence-corrected chi connectivity index (χ3v) is 4.92. The number of benzene rings is 1. The Morgan fingerprint density at radius 2 is 1.75 bits per heavy atom. The number of aliphatic hydroxyl groups excluding tert-OH is 1. The highest BCUT2D eigenvalue weighted by molar-refractivity contribution is 7.90. The zero-order chi connectivity index (χ0) is 20.9. The summed E-state index contributed by atoms with van der Waals surface area (Å²) in [6.07, 6.45) is 1.92. The van der Waals surface area contributed by atoms with E-state index in [4.69, 9.17) is 9.47 Å². The van der Waals surface area contributed by atoms with E-state index in [0.29, 0.717) is 23.3 Å². The van der Waals surface area contributed by atoms with Crippen LogP contribution in [0.5, 0.6) is 11.8 Å². The number of aliphatic hydroxyl groups is 2. The van der Waals surface area contributed by atoms with E-state index in [1.807, 2.05) is 6.92 Å². The summed E-state index contributed by atoms with van der Waals surface area (Å²) in [5, 5.41) is 19.7. The average molecular weight is 410 g/mol. The van der Waals surface area contributed by atoms with E-state index in [1.165, 1.54) is 12.1 Å². The van der Waals surface area contributed by atoms with Crippen LogP contribution in [0.3, 0.4) is 0 Å². The molecular formula is C20H27NO6S. The predicted octanol–water partition coefficient (Wildman–Crippen LogP) is 2.58. The third kappa shape index (κ3) is 5.92. The summed E-state index contributed by atoms with van der Waals surface area (Å²) in [5.74, 6) is 0.504. The van der Waals surface area contributed by atoms with Gasteiger partial charge in [0.2, 0.25) is 11.8 Å². The summed E-state index contributed by atoms with van der Waals surface area (Å²) < 4.78 is 34.7. The van der Waals surface area contributed by atoms with Crippen LogP contribution in [-0.4, -0.2) is 48.7 Å². The highest BCUT2D eigenvalue weighted by Gasteiger charge is 2.20. The minimum Gasteiger partial charge on any atom is -0.477 e. The summed E-state index contributed by atoms with van der Waals surface area (Å²) in [7, 11) is -3.31. The van der Waals surface area contributed by atoms with Crippen LogP contribution in [0.1, 0.15) is 32.8 Å². The molecule has 0 atom stereocenters. The fraction of sp³-hybridized carbons (Fsp3) is 0.450. The maximum absolute atomic E-state index is 11.7. The summed E-state index contributed by atoms with van der Waals surface area (Å²) >= 11 is 0. The van der Waals surface area contributed by atoms with Gasteiger partial charge in [-0.05, 0) is 44.0 Å². The summed E-state index contributed by atoms with van der Waals surface area (Å²) in [6, 6.07) is 8.01. The highest BCUT2D eigenvalue weighted by Crippen LogP contribution is 2.34. The molecule has 2 rings (SSSR count). The molecule has 0 unspecified atom stereocenters. The summed E-state index contributed by atoms with van der Waals surface area (Å²) in [6.45, 7) is 5.36. The standard InChI is InChI=1S/C20H27NO6S/c1-5-10-26-18-15(12-22)11-17(19(21-18)27-13-20(2,3)23)14-6-8-16(9-7-14)28(4,24)25/h6-9,11,22-23H,5,10,12-13H2,1-4H3. The molecule has 28 heavy (non-hydrogen) atoms. The van der Waals surface area contributed by atoms with Crippen LogP contribution in [0.4, 0.5) is 0 Å². The van der Waals surface area contributed by atoms with Crippen LogP contribution in [0.2, 0.25) is 0 Å². The minimum absolute atomic E-state index is 0.000111. The number of nitrogens with zero attached hydrogens (tertiary/aromatic N) is 1. The lowest BCUT2D eigenvalue weighted by molar-refractivity contribution is 0.0268. The van der Waals surface area contributed by atoms with Gasteiger partial charge in [0.1, 0.15) is 6.61 Å². The number of aromatic nitrogens is 1. The second kappa shape index (κ2) is 8.89. The molecule has 1 aromatic heterocycles. The van der Waals surface area contributed by atoms with Gasteiger partial charge in [0.25, 0.3) is 0 Å². The lowest BCUT2D eigenvalue weighted by atomic mass is 10.0. The molecule has 0 fully saturated rings. The van der Waals surface area contributed by atoms with Crippen molar-refractivity contribution in [3.05, 3.63) is 35.9 Å². The number of pyridine rings is 1. The molecule has 0 spiro atoms. The monoisotopic (exact) mass is 409 g/mol. The summed E-state index contributed by atoms with van der Waals surface area (Å²) in [5.41, 5.74) is 0.657. The number of sulfone groups is 1. The van der Waals surface area contributed by atoms with Crippen molar-refractivity contribution in [3.63, 3.8) is 0 Å². The SMILES string of the molecule is CCCOc1nc(OCC(C)(C)O)c(-c2ccc(S(C)(=O)=O)cc2)cc1CO. The van der Waals surface area contributed by atoms with Crippen LogP contribution in [0.25, 0.3) is 11.1 Å². The molecule has 0 radical (unpaired) electrons. The topological polar surface area (TPSA) is 106 Å². The molecule has 8 heteroatoms. The van der Waals surface area contributed by atoms with Gasteiger partial charge in [-0.3, -0.25) is 0 Å². The normalized spacial score (nSPS) is 12.1. The molecule has 0 amide bonds. The maximum Gasteiger partial charge on any atom is 0.224 e. The molecule has 1 heterocycles. The Balaban J connectivity index is 2.52. The van der Waals surface area contributed by atoms with Crippen molar-refractivity contribution in [1.82, 2.24) is 4.98 Å². The van der Waals surface area contributed by atoms with E-state index in [1.54, 1.807) is 32.0 Å². The van der Waals surface area contributed by atoms with Gasteiger partial charge in [0, 0.05) is 17.4 Å². The van der Waals surface area contributed by atoms with E-state index < -0.39 is 15.4 Å². The first-order valence-corrected chi connectivity index (χ1v) is 10.9. The second-order valence-electron chi connectivity index (χ2n) is 7.21. The average Bonchev–Trinajstić information content (AvgIpc) is 2.63. The molecule has 7 nitrogen and oxygen atoms in total. The van der Waals surface area contributed by atoms with Gasteiger partial charge in [-0.1, -0.05) is 19.1 Å². The van der Waals surface area contributed by atoms with Crippen molar-refractivity contribution in [2.75, 3.05) is 19.5 Å². The van der Waals surface area contributed by atoms with Gasteiger partial charge in [0.15, 0.2) is 9.84 Å². The predicted molar refractivity (Wildman–Crippen MR) is 106 cm³/mol. The van der Waals surface area contributed by atoms with Gasteiger partial charge < -0.3 is 19.7 Å². The maximum atomic E-state index is 11.7. The fourth-order valence-corrected chi connectivity index (χ4v) is 3.03. The molecule has 2 N–H and O–H groups in total. The Bertz CT molecular complexity index is 902. The number of hydrogen-bond donors (Lipinski definition) is 2. The summed E-state index contributed by atoms with van der Waals surface area (Å²) in [4.78, 5) is 4.60. The van der Waals surface area contributed by atoms with Crippen molar-refractivity contribution in [2.24, 2.45) is 0 Å². The Labute approximate surface area is 165 Å². The molecule has 0 aliphatic carbocycles. The lowest BCUT2D eigenvalue weighted by Crippen LogP contribution is -2.28. The molecule has 154 valence electrons. The minimum atomic E-state index is -3.31. The van der Waals surface area contributed by atoms with Gasteiger partial charge in [-0.2, -0.15) is 4.98 Å². The van der Waals surface area contributed by atoms with Gasteiger partial charge in [0.05, 0.1) is 23.7 Å². The van der Waals surface area contributed by atoms with E-state index >= 15 is 0 Å². The Morgan fingerprint density at radius 3 is 2.25 bits per heavy atom. The third-order valence-electron chi connectivity index (χ3n) is 3.80. The first-order chi connectivity index (χ1) is 13.0. The Hall–Kier alpha value is -2.16. The van der Waals surface area contributed by atoms with Crippen molar-refractivity contribution in [1.29, 1.82) is 0 Å². The van der Waals surface area contributed by atoms with Gasteiger partial charge >= 0.3 is 0 Å². The molecule has 0 saturated heterocycles. The van der Waals surface area contributed by atoms with Crippen LogP contribution in [0.15, 0.2) is 35.2 Å². The first-order valence-electron chi connectivity index (χ1n) is 8.98. The quantitative estimate of drug-likeness (QED) is 0.656. The molecule has 0 aliphatic rings. The van der Waals surface area contributed by atoms with Crippen LogP contribution >= 0.6 is 0 Å². The first kappa shape index (κ1) is 22.1. The van der Waals surface area contributed by atoms with Gasteiger partial charge in [-0.15, -0.1) is 0 Å². The van der Waals surface area contributed by atoms with E-state index in [9.17, 15) is 18.6 Å². The molecule has 0 saturated carbocycles. The molecule has 1 aromatic carbocycles. The van der Waals surface area contributed by atoms with E-state index in [0.717, 1.165) is 12.7 Å². The van der Waals surface area contributed by atoms with Crippen molar-refractivity contribution in [3.8, 4) is 22.9 Å². The zero-order valence-corrected chi connectivity index (χ0v) is 17.4. The Morgan fingerprint density at radius 1 is 1.11 bits per heavy atom. The van der Waals surface area contributed by atoms with Crippen LogP contribution in [-0.2, 0) is 16.4 Å². The largest absolute Gasteiger partial charge is 0.477 e. The highest BCUT2D eigenvalue weighted by atomic mass is 32.2. The van der Waals surface area contributed by atoms with E-state index in [-0.39, 0.29) is 29.9 Å². The lowest BCUT2D eigenvalue weighted by Gasteiger charge is -2.20. The number of hydrogen-bond acceptors (Lipinski definition) is 7. The molecule has 0 bridgehead atoms. The van der Waals surface area contributed by atoms with Crippen molar-refractivity contribution in [2.45, 2.75) is 44.3 Å². The van der Waals surface area contributed by atoms with E-state index in [2.05, 4.69) is 4.98 Å². The van der Waals surface area contributed by atoms with Gasteiger partial charge in [-0.25, -0.2) is 8.42 Å². The Kier molecular flexibility index (Phi) is 7.03. The second-order valence-corrected chi connectivity index (χ2v) is 9.23. The molecular weight excluding hydrogens is 382 g/mol.